The lowest BCUT2D eigenvalue weighted by Crippen LogP contribution is -2.47. The van der Waals surface area contributed by atoms with E-state index in [0.717, 1.165) is 6.07 Å². The summed E-state index contributed by atoms with van der Waals surface area (Å²) in [5.41, 5.74) is -0.179. The fourth-order valence-corrected chi connectivity index (χ4v) is 2.73. The fourth-order valence-electron chi connectivity index (χ4n) is 2.46. The highest BCUT2D eigenvalue weighted by Crippen LogP contribution is 2.38. The van der Waals surface area contributed by atoms with Crippen LogP contribution in [0.15, 0.2) is 35.5 Å². The number of hydrogen-bond acceptors (Lipinski definition) is 2. The highest BCUT2D eigenvalue weighted by Gasteiger charge is 2.39. The van der Waals surface area contributed by atoms with Crippen molar-refractivity contribution >= 4 is 23.2 Å². The number of carbonyl (C=O) groups is 1. The van der Waals surface area contributed by atoms with E-state index in [-0.39, 0.29) is 22.2 Å². The Morgan fingerprint density at radius 1 is 1.26 bits per heavy atom. The largest absolute Gasteiger partial charge is 0.416 e. The van der Waals surface area contributed by atoms with E-state index in [9.17, 15) is 18.0 Å². The summed E-state index contributed by atoms with van der Waals surface area (Å²) in [6.07, 6.45) is -4.52. The zero-order valence-corrected chi connectivity index (χ0v) is 13.6. The van der Waals surface area contributed by atoms with Crippen molar-refractivity contribution in [2.24, 2.45) is 0 Å². The van der Waals surface area contributed by atoms with Crippen LogP contribution >= 0.6 is 12.2 Å². The van der Waals surface area contributed by atoms with Crippen molar-refractivity contribution < 1.29 is 18.0 Å². The Morgan fingerprint density at radius 2 is 1.87 bits per heavy atom. The molecule has 1 aliphatic rings. The summed E-state index contributed by atoms with van der Waals surface area (Å²) in [5.74, 6) is -0.382. The molecule has 1 aromatic carbocycles. The van der Waals surface area contributed by atoms with Crippen LogP contribution in [0, 0.1) is 0 Å². The van der Waals surface area contributed by atoms with E-state index in [1.807, 2.05) is 0 Å². The number of halogens is 3. The van der Waals surface area contributed by atoms with Gasteiger partial charge in [0.15, 0.2) is 5.11 Å². The van der Waals surface area contributed by atoms with Gasteiger partial charge in [-0.2, -0.15) is 13.2 Å². The van der Waals surface area contributed by atoms with Crippen LogP contribution in [0.3, 0.4) is 0 Å². The molecular weight excluding hydrogens is 327 g/mol. The van der Waals surface area contributed by atoms with E-state index < -0.39 is 17.8 Å². The molecule has 0 radical (unpaired) electrons. The fraction of sp³-hybridized carbons (Fsp3) is 0.333. The Balaban J connectivity index is 2.63. The van der Waals surface area contributed by atoms with E-state index in [1.165, 1.54) is 23.1 Å². The minimum atomic E-state index is -4.52. The van der Waals surface area contributed by atoms with Gasteiger partial charge in [-0.15, -0.1) is 0 Å². The third-order valence-electron chi connectivity index (χ3n) is 3.48. The minimum Gasteiger partial charge on any atom is -0.351 e. The quantitative estimate of drug-likeness (QED) is 0.810. The summed E-state index contributed by atoms with van der Waals surface area (Å²) in [6, 6.07) is 4.21. The smallest absolute Gasteiger partial charge is 0.351 e. The molecule has 0 spiro atoms. The summed E-state index contributed by atoms with van der Waals surface area (Å²) < 4.78 is 39.9. The van der Waals surface area contributed by atoms with E-state index in [1.54, 1.807) is 21.0 Å². The van der Waals surface area contributed by atoms with Gasteiger partial charge in [-0.05, 0) is 30.8 Å². The van der Waals surface area contributed by atoms with Crippen molar-refractivity contribution in [2.45, 2.75) is 19.1 Å². The molecule has 0 aromatic heterocycles. The summed E-state index contributed by atoms with van der Waals surface area (Å²) in [5, 5.41) is 5.75. The van der Waals surface area contributed by atoms with Gasteiger partial charge < -0.3 is 15.5 Å². The average molecular weight is 343 g/mol. The number of hydrogen-bond donors (Lipinski definition) is 2. The third-order valence-corrected chi connectivity index (χ3v) is 3.70. The summed E-state index contributed by atoms with van der Waals surface area (Å²) in [4.78, 5) is 13.7. The topological polar surface area (TPSA) is 44.4 Å². The van der Waals surface area contributed by atoms with Gasteiger partial charge in [-0.3, -0.25) is 4.79 Å². The van der Waals surface area contributed by atoms with Crippen molar-refractivity contribution in [1.82, 2.24) is 15.5 Å². The molecule has 0 saturated carbocycles. The number of thiocarbonyl (C=S) groups is 1. The third kappa shape index (κ3) is 3.47. The Hall–Kier alpha value is -2.09. The van der Waals surface area contributed by atoms with Crippen LogP contribution in [0.25, 0.3) is 0 Å². The lowest BCUT2D eigenvalue weighted by Gasteiger charge is -2.32. The van der Waals surface area contributed by atoms with Crippen molar-refractivity contribution in [3.8, 4) is 0 Å². The van der Waals surface area contributed by atoms with Gasteiger partial charge in [0, 0.05) is 19.8 Å². The zero-order valence-electron chi connectivity index (χ0n) is 12.8. The van der Waals surface area contributed by atoms with Crippen LogP contribution in [0.1, 0.15) is 24.1 Å². The highest BCUT2D eigenvalue weighted by molar-refractivity contribution is 7.80. The average Bonchev–Trinajstić information content (AvgIpc) is 2.44. The van der Waals surface area contributed by atoms with Crippen LogP contribution in [-0.4, -0.2) is 30.0 Å². The molecule has 8 heteroatoms. The molecular formula is C15H16F3N3OS. The van der Waals surface area contributed by atoms with E-state index in [2.05, 4.69) is 10.6 Å². The van der Waals surface area contributed by atoms with Gasteiger partial charge in [-0.25, -0.2) is 0 Å². The van der Waals surface area contributed by atoms with Gasteiger partial charge in [0.1, 0.15) is 0 Å². The van der Waals surface area contributed by atoms with Gasteiger partial charge in [0.05, 0.1) is 17.2 Å². The van der Waals surface area contributed by atoms with E-state index in [0.29, 0.717) is 5.70 Å². The number of carbonyl (C=O) groups excluding carboxylic acids is 1. The first-order valence-corrected chi connectivity index (χ1v) is 7.19. The maximum atomic E-state index is 13.3. The molecule has 23 heavy (non-hydrogen) atoms. The number of alkyl halides is 3. The summed E-state index contributed by atoms with van der Waals surface area (Å²) in [6.45, 7) is 1.62. The predicted molar refractivity (Wildman–Crippen MR) is 84.4 cm³/mol. The Labute approximate surface area is 137 Å². The lowest BCUT2D eigenvalue weighted by molar-refractivity contribution is -0.138. The SMILES string of the molecule is CC1=C(C(=O)N(C)C)[C@@H](c2ccccc2C(F)(F)F)NC(=S)N1. The molecule has 0 unspecified atom stereocenters. The molecule has 1 heterocycles. The van der Waals surface area contributed by atoms with E-state index in [4.69, 9.17) is 12.2 Å². The molecule has 0 fully saturated rings. The molecule has 1 aliphatic heterocycles. The standard InChI is InChI=1S/C15H16F3N3OS/c1-8-11(13(22)21(2)3)12(20-14(23)19-8)9-6-4-5-7-10(9)15(16,17)18/h4-7,12H,1-3H3,(H2,19,20,23)/t12-/m1/s1. The zero-order chi connectivity index (χ0) is 17.4. The molecule has 0 bridgehead atoms. The molecule has 0 aliphatic carbocycles. The van der Waals surface area contributed by atoms with Crippen molar-refractivity contribution in [3.05, 3.63) is 46.7 Å². The molecule has 4 nitrogen and oxygen atoms in total. The normalized spacial score (nSPS) is 18.3. The summed E-state index contributed by atoms with van der Waals surface area (Å²) >= 11 is 5.04. The number of allylic oxidation sites excluding steroid dienone is 1. The maximum absolute atomic E-state index is 13.3. The number of nitrogens with zero attached hydrogens (tertiary/aromatic N) is 1. The highest BCUT2D eigenvalue weighted by atomic mass is 32.1. The first-order chi connectivity index (χ1) is 10.6. The predicted octanol–water partition coefficient (Wildman–Crippen LogP) is 2.59. The van der Waals surface area contributed by atoms with Gasteiger partial charge in [0.25, 0.3) is 5.91 Å². The number of amides is 1. The van der Waals surface area contributed by atoms with E-state index >= 15 is 0 Å². The second kappa shape index (κ2) is 6.19. The number of benzene rings is 1. The molecule has 2 rings (SSSR count). The van der Waals surface area contributed by atoms with Crippen molar-refractivity contribution in [3.63, 3.8) is 0 Å². The van der Waals surface area contributed by atoms with Crippen LogP contribution in [0.4, 0.5) is 13.2 Å². The molecule has 2 N–H and O–H groups in total. The minimum absolute atomic E-state index is 0.0339. The van der Waals surface area contributed by atoms with Crippen LogP contribution in [-0.2, 0) is 11.0 Å². The first-order valence-electron chi connectivity index (χ1n) is 6.79. The number of rotatable bonds is 2. The van der Waals surface area contributed by atoms with Crippen molar-refractivity contribution in [2.75, 3.05) is 14.1 Å². The van der Waals surface area contributed by atoms with Gasteiger partial charge in [0.2, 0.25) is 0 Å². The molecule has 0 saturated heterocycles. The second-order valence-corrected chi connectivity index (χ2v) is 5.76. The van der Waals surface area contributed by atoms with Crippen LogP contribution in [0.2, 0.25) is 0 Å². The molecule has 1 atom stereocenters. The monoisotopic (exact) mass is 343 g/mol. The molecule has 1 aromatic rings. The van der Waals surface area contributed by atoms with Gasteiger partial charge >= 0.3 is 6.18 Å². The Bertz CT molecular complexity index is 683. The number of likely N-dealkylation sites (N-methyl/N-ethyl adjacent to an activating group) is 1. The second-order valence-electron chi connectivity index (χ2n) is 5.35. The Morgan fingerprint density at radius 3 is 2.43 bits per heavy atom. The number of nitrogens with one attached hydrogen (secondary N) is 2. The van der Waals surface area contributed by atoms with Crippen molar-refractivity contribution in [1.29, 1.82) is 0 Å². The Kier molecular flexibility index (Phi) is 4.65. The van der Waals surface area contributed by atoms with Gasteiger partial charge in [-0.1, -0.05) is 18.2 Å². The molecule has 124 valence electrons. The van der Waals surface area contributed by atoms with Crippen LogP contribution < -0.4 is 10.6 Å². The lowest BCUT2D eigenvalue weighted by atomic mass is 9.91. The maximum Gasteiger partial charge on any atom is 0.416 e. The molecule has 1 amide bonds. The van der Waals surface area contributed by atoms with Crippen LogP contribution in [0.5, 0.6) is 0 Å². The first kappa shape index (κ1) is 17.3. The summed E-state index contributed by atoms with van der Waals surface area (Å²) in [7, 11) is 3.09.